The summed E-state index contributed by atoms with van der Waals surface area (Å²) in [5, 5.41) is 17.3. The molecule has 19 rings (SSSR count). The Hall–Kier alpha value is -13.8. The SMILES string of the molecule is C.C=C1Cc2cc(C(=O)N3CCc4ccccc43)cnc2N1.C=C1Cc2cc(CC(=O)Cc3ccc(S(=O)(=O)CC)cc3)ccc2N1.C=C1Cc2cc(CC(=O)N3CCc4ccccc43)ccc2N1.NS(=O)(=O)c1ccc(CC(=O)Nc2ccc3[nH]c(=O)[nH]c3c2)cc1.O=C(c1nc2ccccc2n1-c1ccc2[nH]c(=O)[nH]c2c1)N1CCCCC1. The van der Waals surface area contributed by atoms with E-state index < -0.39 is 19.9 Å². The highest BCUT2D eigenvalue weighted by Crippen LogP contribution is 2.35. The molecule has 6 aliphatic heterocycles. The number of H-pyrrole nitrogens is 4. The Morgan fingerprint density at radius 2 is 1.02 bits per heavy atom. The Morgan fingerprint density at radius 3 is 1.66 bits per heavy atom. The van der Waals surface area contributed by atoms with Gasteiger partial charge in [0.15, 0.2) is 9.84 Å². The van der Waals surface area contributed by atoms with E-state index in [1.165, 1.54) is 46.5 Å². The van der Waals surface area contributed by atoms with E-state index in [2.05, 4.69) is 95.2 Å². The number of imidazole rings is 3. The molecule has 612 valence electrons. The Bertz CT molecular complexity index is 6570. The maximum atomic E-state index is 13.2. The van der Waals surface area contributed by atoms with Crippen LogP contribution < -0.4 is 47.6 Å². The number of rotatable bonds is 15. The van der Waals surface area contributed by atoms with Gasteiger partial charge < -0.3 is 55.9 Å². The fourth-order valence-corrected chi connectivity index (χ4v) is 16.9. The number of Topliss-reactive ketones (excluding diaryl/α,β-unsaturated/α-hetero) is 1. The van der Waals surface area contributed by atoms with Gasteiger partial charge >= 0.3 is 11.4 Å². The zero-order valence-electron chi connectivity index (χ0n) is 65.3. The van der Waals surface area contributed by atoms with E-state index in [9.17, 15) is 50.4 Å². The first-order chi connectivity index (χ1) is 57.3. The third kappa shape index (κ3) is 19.1. The number of likely N-dealkylation sites (tertiary alicyclic amines) is 1. The number of para-hydroxylation sites is 4. The van der Waals surface area contributed by atoms with Gasteiger partial charge in [0.1, 0.15) is 11.6 Å². The topological polar surface area (TPSA) is 366 Å². The molecule has 6 aliphatic rings. The monoisotopic (exact) mass is 1650 g/mol. The summed E-state index contributed by atoms with van der Waals surface area (Å²) in [7, 11) is -6.95. The lowest BCUT2D eigenvalue weighted by atomic mass is 10.0. The fourth-order valence-electron chi connectivity index (χ4n) is 15.5. The molecule has 1 fully saturated rings. The first kappa shape index (κ1) is 82.7. The maximum Gasteiger partial charge on any atom is 0.323 e. The van der Waals surface area contributed by atoms with Crippen molar-refractivity contribution in [3.05, 3.63) is 326 Å². The molecule has 0 bridgehead atoms. The van der Waals surface area contributed by atoms with Crippen molar-refractivity contribution < 1.29 is 40.8 Å². The van der Waals surface area contributed by atoms with E-state index in [1.807, 2.05) is 128 Å². The summed E-state index contributed by atoms with van der Waals surface area (Å²) in [5.74, 6) is 1.29. The molecular formula is C92H91N15O11S2. The van der Waals surface area contributed by atoms with Gasteiger partial charge in [0.2, 0.25) is 27.7 Å². The molecule has 4 amide bonds. The number of nitrogens with zero attached hydrogens (tertiary/aromatic N) is 6. The van der Waals surface area contributed by atoms with Gasteiger partial charge in [0, 0.05) is 116 Å². The second-order valence-corrected chi connectivity index (χ2v) is 33.8. The van der Waals surface area contributed by atoms with Gasteiger partial charge in [-0.25, -0.2) is 41.5 Å². The molecule has 0 aliphatic carbocycles. The lowest BCUT2D eigenvalue weighted by Gasteiger charge is -2.26. The van der Waals surface area contributed by atoms with E-state index >= 15 is 0 Å². The number of benzene rings is 9. The van der Waals surface area contributed by atoms with Crippen molar-refractivity contribution in [1.82, 2.24) is 39.4 Å². The summed E-state index contributed by atoms with van der Waals surface area (Å²) >= 11 is 0. The molecule has 26 nitrogen and oxygen atoms in total. The van der Waals surface area contributed by atoms with Crippen LogP contribution in [0.15, 0.2) is 263 Å². The number of aromatic nitrogens is 7. The highest BCUT2D eigenvalue weighted by atomic mass is 32.2. The number of carbonyl (C=O) groups excluding carboxylic acids is 5. The largest absolute Gasteiger partial charge is 0.359 e. The van der Waals surface area contributed by atoms with Crippen LogP contribution in [0.2, 0.25) is 0 Å². The normalized spacial score (nSPS) is 14.0. The number of pyridine rings is 1. The summed E-state index contributed by atoms with van der Waals surface area (Å²) < 4.78 is 47.9. The third-order valence-corrected chi connectivity index (χ3v) is 24.1. The number of hydrogen-bond donors (Lipinski definition) is 9. The highest BCUT2D eigenvalue weighted by Gasteiger charge is 2.30. The number of nitrogens with one attached hydrogen (secondary N) is 8. The number of nitrogens with two attached hydrogens (primary N) is 1. The Balaban J connectivity index is 0.000000123. The summed E-state index contributed by atoms with van der Waals surface area (Å²) in [6.45, 7) is 16.5. The standard InChI is InChI=1S/C20H19N5O2.C20H21NO3S.C19H18N2O.C17H15N3O.C15H14N4O4S.CH4/c26-19(24-10-4-1-5-11-24)18-21-15-6-2-3-7-17(15)25(18)13-8-9-14-16(12-13)23-20(27)22-14;1-3-25(23,24)19-7-4-15(5-8-19)12-18(22)13-16-6-9-20-17(11-16)10-14(2)21-20;1-13-10-16-11-14(6-7-17(16)20-13)12-19(22)21-9-8-15-4-2-3-5-18(15)21;1-11-8-13-9-14(10-18-16(13)19-11)17(21)20-7-6-12-4-2-3-5-15(12)20;16-24(22,23)11-4-1-9(2-5-11)7-14(20)17-10-3-6-12-13(8-10)19-15(21)18-12;/h2-3,6-9,12H,1,4-5,10-11H2,(H2,22,23,27);4-9,11,21H,2-3,10,12-13H2,1H3;2-7,11,20H,1,8-10,12H2;2-5,9-10H,1,6-8H2,(H,18,19);1-6,8H,7H2,(H,17,20)(H2,16,22,23)(H2,18,19,21);1H4. The number of anilines is 6. The van der Waals surface area contributed by atoms with Gasteiger partial charge in [0.25, 0.3) is 11.8 Å². The van der Waals surface area contributed by atoms with Crippen molar-refractivity contribution in [2.45, 2.75) is 101 Å². The van der Waals surface area contributed by atoms with Crippen LogP contribution in [0.4, 0.5) is 34.3 Å². The number of piperidine rings is 1. The summed E-state index contributed by atoms with van der Waals surface area (Å²) in [4.78, 5) is 111. The second kappa shape index (κ2) is 35.6. The lowest BCUT2D eigenvalue weighted by molar-refractivity contribution is -0.118. The number of sulfonamides is 1. The zero-order chi connectivity index (χ0) is 83.2. The van der Waals surface area contributed by atoms with Crippen LogP contribution >= 0.6 is 0 Å². The lowest BCUT2D eigenvalue weighted by Crippen LogP contribution is -2.37. The summed E-state index contributed by atoms with van der Waals surface area (Å²) in [5.41, 5.74) is 22.4. The van der Waals surface area contributed by atoms with Crippen LogP contribution in [-0.2, 0) is 92.0 Å². The molecule has 9 aromatic carbocycles. The molecule has 0 saturated carbocycles. The van der Waals surface area contributed by atoms with Crippen molar-refractivity contribution in [1.29, 1.82) is 0 Å². The molecule has 28 heteroatoms. The minimum absolute atomic E-state index is 0. The van der Waals surface area contributed by atoms with E-state index in [0.717, 1.165) is 168 Å². The van der Waals surface area contributed by atoms with Crippen molar-refractivity contribution in [2.24, 2.45) is 5.14 Å². The molecule has 120 heavy (non-hydrogen) atoms. The number of ketones is 1. The molecule has 10 N–H and O–H groups in total. The quantitative estimate of drug-likeness (QED) is 0.0460. The Labute approximate surface area is 693 Å². The number of allylic oxidation sites excluding steroid dienone is 3. The Kier molecular flexibility index (Phi) is 24.5. The molecule has 13 aromatic rings. The summed E-state index contributed by atoms with van der Waals surface area (Å²) in [6.07, 6.45) is 10.3. The van der Waals surface area contributed by atoms with Crippen LogP contribution in [-0.4, -0.2) is 118 Å². The molecule has 4 aromatic heterocycles. The number of fused-ring (bicyclic) bond motifs is 8. The van der Waals surface area contributed by atoms with E-state index in [1.54, 1.807) is 55.6 Å². The van der Waals surface area contributed by atoms with Crippen LogP contribution in [0.5, 0.6) is 0 Å². The average Bonchev–Trinajstić information content (AvgIpc) is 1.60. The van der Waals surface area contributed by atoms with Gasteiger partial charge in [-0.15, -0.1) is 0 Å². The zero-order valence-corrected chi connectivity index (χ0v) is 67.0. The predicted molar refractivity (Wildman–Crippen MR) is 470 cm³/mol. The number of aromatic amines is 4. The second-order valence-electron chi connectivity index (χ2n) is 30.0. The van der Waals surface area contributed by atoms with Crippen molar-refractivity contribution in [3.63, 3.8) is 0 Å². The number of primary sulfonamides is 1. The number of hydrogen-bond acceptors (Lipinski definition) is 16. The van der Waals surface area contributed by atoms with Crippen LogP contribution in [0.3, 0.4) is 0 Å². The first-order valence-electron chi connectivity index (χ1n) is 39.1. The first-order valence-corrected chi connectivity index (χ1v) is 42.3. The Morgan fingerprint density at radius 1 is 0.500 bits per heavy atom. The molecule has 0 atom stereocenters. The van der Waals surface area contributed by atoms with E-state index in [-0.39, 0.29) is 65.3 Å². The number of carbonyl (C=O) groups is 5. The summed E-state index contributed by atoms with van der Waals surface area (Å²) in [6, 6.07) is 61.1. The molecule has 0 radical (unpaired) electrons. The fraction of sp³-hybridized carbons (Fsp3) is 0.207. The molecular weight excluding hydrogens is 1560 g/mol. The van der Waals surface area contributed by atoms with E-state index in [4.69, 9.17) is 5.14 Å². The van der Waals surface area contributed by atoms with Crippen LogP contribution in [0.25, 0.3) is 38.8 Å². The third-order valence-electron chi connectivity index (χ3n) is 21.4. The van der Waals surface area contributed by atoms with Crippen molar-refractivity contribution in [3.8, 4) is 5.69 Å². The molecule has 0 unspecified atom stereocenters. The predicted octanol–water partition coefficient (Wildman–Crippen LogP) is 13.5. The van der Waals surface area contributed by atoms with Crippen molar-refractivity contribution in [2.75, 3.05) is 63.0 Å². The van der Waals surface area contributed by atoms with Gasteiger partial charge in [0.05, 0.1) is 72.7 Å². The van der Waals surface area contributed by atoms with Gasteiger partial charge in [-0.2, -0.15) is 0 Å². The smallest absolute Gasteiger partial charge is 0.323 e. The minimum atomic E-state index is -3.75. The number of amides is 4. The average molecular weight is 1650 g/mol. The van der Waals surface area contributed by atoms with Gasteiger partial charge in [-0.05, 0) is 180 Å². The van der Waals surface area contributed by atoms with Crippen molar-refractivity contribution >= 4 is 117 Å². The number of sulfone groups is 1. The maximum absolute atomic E-state index is 13.2. The van der Waals surface area contributed by atoms with Gasteiger partial charge in [-0.1, -0.05) is 131 Å². The minimum Gasteiger partial charge on any atom is -0.359 e. The molecule has 1 saturated heterocycles. The highest BCUT2D eigenvalue weighted by molar-refractivity contribution is 7.91. The van der Waals surface area contributed by atoms with E-state index in [0.29, 0.717) is 63.3 Å². The van der Waals surface area contributed by atoms with Crippen LogP contribution in [0.1, 0.15) is 105 Å². The van der Waals surface area contributed by atoms with Crippen LogP contribution in [0, 0.1) is 0 Å². The molecule has 10 heterocycles. The van der Waals surface area contributed by atoms with Gasteiger partial charge in [-0.3, -0.25) is 28.5 Å². The molecule has 0 spiro atoms.